The average molecular weight is 353 g/mol. The quantitative estimate of drug-likeness (QED) is 0.567. The lowest BCUT2D eigenvalue weighted by atomic mass is 10.0. The molecule has 1 atom stereocenters. The summed E-state index contributed by atoms with van der Waals surface area (Å²) in [7, 11) is 0. The van der Waals surface area contributed by atoms with Crippen LogP contribution in [-0.2, 0) is 0 Å². The Morgan fingerprint density at radius 1 is 1.31 bits per heavy atom. The minimum atomic E-state index is -0.369. The number of rotatable bonds is 6. The van der Waals surface area contributed by atoms with Gasteiger partial charge in [0.05, 0.1) is 11.1 Å². The van der Waals surface area contributed by atoms with Gasteiger partial charge in [0, 0.05) is 3.57 Å². The van der Waals surface area contributed by atoms with Crippen LogP contribution in [-0.4, -0.2) is 5.11 Å². The standard InChI is InChI=1S/C13H18ClIO/c1-2-3-4-5-6-13(16)10-7-8-12(15)11(14)9-10/h7-9,13,16H,2-6H2,1H3. The Labute approximate surface area is 116 Å². The number of benzene rings is 1. The number of aliphatic hydroxyl groups is 1. The van der Waals surface area contributed by atoms with Crippen LogP contribution in [0.2, 0.25) is 5.02 Å². The summed E-state index contributed by atoms with van der Waals surface area (Å²) in [4.78, 5) is 0. The van der Waals surface area contributed by atoms with Crippen molar-refractivity contribution in [1.82, 2.24) is 0 Å². The van der Waals surface area contributed by atoms with E-state index in [1.54, 1.807) is 0 Å². The molecule has 0 amide bonds. The van der Waals surface area contributed by atoms with Crippen LogP contribution >= 0.6 is 34.2 Å². The van der Waals surface area contributed by atoms with Gasteiger partial charge in [-0.15, -0.1) is 0 Å². The summed E-state index contributed by atoms with van der Waals surface area (Å²) in [6, 6.07) is 5.78. The predicted molar refractivity (Wildman–Crippen MR) is 77.9 cm³/mol. The largest absolute Gasteiger partial charge is 0.388 e. The van der Waals surface area contributed by atoms with Crippen molar-refractivity contribution in [3.63, 3.8) is 0 Å². The first kappa shape index (κ1) is 14.3. The van der Waals surface area contributed by atoms with Gasteiger partial charge in [0.25, 0.3) is 0 Å². The third-order valence-corrected chi connectivity index (χ3v) is 4.23. The molecule has 0 saturated heterocycles. The average Bonchev–Trinajstić information content (AvgIpc) is 2.28. The third kappa shape index (κ3) is 4.60. The van der Waals surface area contributed by atoms with Gasteiger partial charge in [-0.2, -0.15) is 0 Å². The molecule has 1 N–H and O–H groups in total. The molecule has 16 heavy (non-hydrogen) atoms. The van der Waals surface area contributed by atoms with Crippen LogP contribution in [0, 0.1) is 3.57 Å². The zero-order chi connectivity index (χ0) is 12.0. The molecule has 0 radical (unpaired) electrons. The predicted octanol–water partition coefficient (Wildman–Crippen LogP) is 4.95. The molecule has 1 unspecified atom stereocenters. The first-order valence-electron chi connectivity index (χ1n) is 5.78. The minimum Gasteiger partial charge on any atom is -0.388 e. The molecule has 0 bridgehead atoms. The topological polar surface area (TPSA) is 20.2 Å². The van der Waals surface area contributed by atoms with Crippen molar-refractivity contribution in [2.24, 2.45) is 0 Å². The van der Waals surface area contributed by atoms with Crippen LogP contribution in [0.15, 0.2) is 18.2 Å². The molecular formula is C13H18ClIO. The highest BCUT2D eigenvalue weighted by atomic mass is 127. The second-order valence-electron chi connectivity index (χ2n) is 4.04. The van der Waals surface area contributed by atoms with Gasteiger partial charge in [-0.05, 0) is 46.7 Å². The van der Waals surface area contributed by atoms with Crippen LogP contribution in [0.3, 0.4) is 0 Å². The SMILES string of the molecule is CCCCCCC(O)c1ccc(I)c(Cl)c1. The Bertz CT molecular complexity index is 328. The second-order valence-corrected chi connectivity index (χ2v) is 5.61. The Balaban J connectivity index is 2.46. The molecule has 0 heterocycles. The van der Waals surface area contributed by atoms with Crippen molar-refractivity contribution in [3.8, 4) is 0 Å². The summed E-state index contributed by atoms with van der Waals surface area (Å²) in [5.74, 6) is 0. The first-order valence-corrected chi connectivity index (χ1v) is 7.23. The molecule has 1 aromatic carbocycles. The summed E-state index contributed by atoms with van der Waals surface area (Å²) in [6.07, 6.45) is 5.22. The monoisotopic (exact) mass is 352 g/mol. The molecule has 1 nitrogen and oxygen atoms in total. The van der Waals surface area contributed by atoms with Crippen LogP contribution in [0.1, 0.15) is 50.7 Å². The lowest BCUT2D eigenvalue weighted by Gasteiger charge is -2.11. The molecule has 0 aliphatic heterocycles. The van der Waals surface area contributed by atoms with Crippen molar-refractivity contribution >= 4 is 34.2 Å². The highest BCUT2D eigenvalue weighted by Crippen LogP contribution is 2.26. The maximum Gasteiger partial charge on any atom is 0.0790 e. The Morgan fingerprint density at radius 2 is 2.06 bits per heavy atom. The maximum absolute atomic E-state index is 9.97. The molecule has 0 aromatic heterocycles. The van der Waals surface area contributed by atoms with E-state index in [2.05, 4.69) is 29.5 Å². The van der Waals surface area contributed by atoms with E-state index in [0.717, 1.165) is 27.0 Å². The van der Waals surface area contributed by atoms with Crippen LogP contribution in [0.5, 0.6) is 0 Å². The highest BCUT2D eigenvalue weighted by molar-refractivity contribution is 14.1. The highest BCUT2D eigenvalue weighted by Gasteiger charge is 2.08. The Kier molecular flexibility index (Phi) is 6.70. The number of halogens is 2. The molecule has 1 rings (SSSR count). The van der Waals surface area contributed by atoms with E-state index < -0.39 is 0 Å². The first-order chi connectivity index (χ1) is 7.65. The van der Waals surface area contributed by atoms with Gasteiger partial charge in [-0.3, -0.25) is 0 Å². The van der Waals surface area contributed by atoms with E-state index in [-0.39, 0.29) is 6.10 Å². The van der Waals surface area contributed by atoms with E-state index in [0.29, 0.717) is 0 Å². The van der Waals surface area contributed by atoms with E-state index in [1.165, 1.54) is 19.3 Å². The van der Waals surface area contributed by atoms with Gasteiger partial charge in [0.15, 0.2) is 0 Å². The van der Waals surface area contributed by atoms with Gasteiger partial charge >= 0.3 is 0 Å². The summed E-state index contributed by atoms with van der Waals surface area (Å²) in [5.41, 5.74) is 0.932. The minimum absolute atomic E-state index is 0.369. The summed E-state index contributed by atoms with van der Waals surface area (Å²) < 4.78 is 1.03. The van der Waals surface area contributed by atoms with Crippen molar-refractivity contribution in [1.29, 1.82) is 0 Å². The molecule has 90 valence electrons. The number of unbranched alkanes of at least 4 members (excludes halogenated alkanes) is 3. The molecule has 0 aliphatic carbocycles. The smallest absolute Gasteiger partial charge is 0.0790 e. The van der Waals surface area contributed by atoms with E-state index >= 15 is 0 Å². The molecule has 3 heteroatoms. The summed E-state index contributed by atoms with van der Waals surface area (Å²) in [5, 5.41) is 10.7. The normalized spacial score (nSPS) is 12.8. The summed E-state index contributed by atoms with van der Waals surface area (Å²) in [6.45, 7) is 2.19. The lowest BCUT2D eigenvalue weighted by molar-refractivity contribution is 0.163. The molecule has 1 aromatic rings. The fraction of sp³-hybridized carbons (Fsp3) is 0.538. The van der Waals surface area contributed by atoms with Crippen molar-refractivity contribution in [2.75, 3.05) is 0 Å². The Morgan fingerprint density at radius 3 is 2.69 bits per heavy atom. The van der Waals surface area contributed by atoms with Crippen LogP contribution in [0.4, 0.5) is 0 Å². The van der Waals surface area contributed by atoms with E-state index in [1.807, 2.05) is 18.2 Å². The van der Waals surface area contributed by atoms with E-state index in [4.69, 9.17) is 11.6 Å². The molecule has 0 spiro atoms. The van der Waals surface area contributed by atoms with Crippen LogP contribution in [0.25, 0.3) is 0 Å². The van der Waals surface area contributed by atoms with Gasteiger partial charge in [-0.1, -0.05) is 50.3 Å². The van der Waals surface area contributed by atoms with Gasteiger partial charge in [-0.25, -0.2) is 0 Å². The Hall–Kier alpha value is 0.200. The fourth-order valence-corrected chi connectivity index (χ4v) is 2.18. The van der Waals surface area contributed by atoms with E-state index in [9.17, 15) is 5.11 Å². The third-order valence-electron chi connectivity index (χ3n) is 2.66. The van der Waals surface area contributed by atoms with Crippen molar-refractivity contribution in [3.05, 3.63) is 32.4 Å². The summed E-state index contributed by atoms with van der Waals surface area (Å²) >= 11 is 8.21. The molecule has 0 aliphatic rings. The second kappa shape index (κ2) is 7.51. The number of hydrogen-bond acceptors (Lipinski definition) is 1. The fourth-order valence-electron chi connectivity index (χ4n) is 1.65. The number of hydrogen-bond donors (Lipinski definition) is 1. The van der Waals surface area contributed by atoms with Gasteiger partial charge in [0.1, 0.15) is 0 Å². The van der Waals surface area contributed by atoms with Crippen LogP contribution < -0.4 is 0 Å². The maximum atomic E-state index is 9.97. The van der Waals surface area contributed by atoms with Gasteiger partial charge < -0.3 is 5.11 Å². The number of aliphatic hydroxyl groups excluding tert-OH is 1. The van der Waals surface area contributed by atoms with Crippen molar-refractivity contribution in [2.45, 2.75) is 45.1 Å². The zero-order valence-corrected chi connectivity index (χ0v) is 12.5. The molecule has 0 fully saturated rings. The molecule has 0 saturated carbocycles. The lowest BCUT2D eigenvalue weighted by Crippen LogP contribution is -1.97. The zero-order valence-electron chi connectivity index (χ0n) is 9.55. The molecular weight excluding hydrogens is 334 g/mol. The van der Waals surface area contributed by atoms with Gasteiger partial charge in [0.2, 0.25) is 0 Å². The van der Waals surface area contributed by atoms with Crippen molar-refractivity contribution < 1.29 is 5.11 Å².